The highest BCUT2D eigenvalue weighted by molar-refractivity contribution is 5.44. The van der Waals surface area contributed by atoms with Gasteiger partial charge >= 0.3 is 0 Å². The van der Waals surface area contributed by atoms with E-state index < -0.39 is 11.6 Å². The second-order valence-corrected chi connectivity index (χ2v) is 4.60. The van der Waals surface area contributed by atoms with Gasteiger partial charge in [0, 0.05) is 30.7 Å². The van der Waals surface area contributed by atoms with Crippen molar-refractivity contribution in [3.63, 3.8) is 0 Å². The Morgan fingerprint density at radius 3 is 2.48 bits per heavy atom. The zero-order valence-corrected chi connectivity index (χ0v) is 11.1. The van der Waals surface area contributed by atoms with E-state index in [0.29, 0.717) is 12.2 Å². The van der Waals surface area contributed by atoms with Gasteiger partial charge in [0.2, 0.25) is 0 Å². The molecule has 21 heavy (non-hydrogen) atoms. The van der Waals surface area contributed by atoms with Crippen LogP contribution in [0.3, 0.4) is 0 Å². The van der Waals surface area contributed by atoms with Crippen molar-refractivity contribution in [2.45, 2.75) is 6.54 Å². The average Bonchev–Trinajstić information content (AvgIpc) is 3.03. The summed E-state index contributed by atoms with van der Waals surface area (Å²) >= 11 is 0. The van der Waals surface area contributed by atoms with Crippen molar-refractivity contribution in [1.82, 2.24) is 9.78 Å². The molecule has 1 N–H and O–H groups in total. The quantitative estimate of drug-likeness (QED) is 0.791. The largest absolute Gasteiger partial charge is 0.381 e. The molecule has 5 heteroatoms. The summed E-state index contributed by atoms with van der Waals surface area (Å²) in [5, 5.41) is 7.21. The molecule has 0 amide bonds. The van der Waals surface area contributed by atoms with E-state index in [9.17, 15) is 8.78 Å². The smallest absolute Gasteiger partial charge is 0.160 e. The summed E-state index contributed by atoms with van der Waals surface area (Å²) in [7, 11) is 0. The van der Waals surface area contributed by atoms with Crippen LogP contribution in [0, 0.1) is 11.6 Å². The van der Waals surface area contributed by atoms with E-state index in [1.807, 2.05) is 36.5 Å². The first-order chi connectivity index (χ1) is 10.2. The van der Waals surface area contributed by atoms with E-state index >= 15 is 0 Å². The molecule has 0 spiro atoms. The molecule has 0 unspecified atom stereocenters. The number of aromatic nitrogens is 2. The zero-order chi connectivity index (χ0) is 14.7. The minimum absolute atomic E-state index is 0.532. The van der Waals surface area contributed by atoms with Gasteiger partial charge in [-0.05, 0) is 35.9 Å². The van der Waals surface area contributed by atoms with Gasteiger partial charge in [-0.1, -0.05) is 12.1 Å². The molecule has 0 bridgehead atoms. The van der Waals surface area contributed by atoms with Gasteiger partial charge in [0.15, 0.2) is 11.6 Å². The molecular weight excluding hydrogens is 272 g/mol. The molecule has 106 valence electrons. The van der Waals surface area contributed by atoms with Crippen LogP contribution < -0.4 is 5.32 Å². The maximum absolute atomic E-state index is 13.1. The number of nitrogens with one attached hydrogen (secondary N) is 1. The number of anilines is 1. The fourth-order valence-electron chi connectivity index (χ4n) is 2.00. The fraction of sp³-hybridized carbons (Fsp3) is 0.0625. The Balaban J connectivity index is 1.66. The van der Waals surface area contributed by atoms with Crippen LogP contribution in [0.15, 0.2) is 60.9 Å². The zero-order valence-electron chi connectivity index (χ0n) is 11.1. The van der Waals surface area contributed by atoms with Crippen molar-refractivity contribution >= 4 is 5.69 Å². The maximum Gasteiger partial charge on any atom is 0.160 e. The van der Waals surface area contributed by atoms with Crippen molar-refractivity contribution in [1.29, 1.82) is 0 Å². The third-order valence-electron chi connectivity index (χ3n) is 3.12. The van der Waals surface area contributed by atoms with Crippen LogP contribution in [0.1, 0.15) is 5.56 Å². The second-order valence-electron chi connectivity index (χ2n) is 4.60. The number of hydrogen-bond donors (Lipinski definition) is 1. The third kappa shape index (κ3) is 3.08. The molecule has 0 atom stereocenters. The fourth-order valence-corrected chi connectivity index (χ4v) is 2.00. The molecule has 0 aliphatic heterocycles. The highest BCUT2D eigenvalue weighted by atomic mass is 19.2. The molecule has 0 aliphatic carbocycles. The van der Waals surface area contributed by atoms with Gasteiger partial charge in [0.1, 0.15) is 0 Å². The molecule has 0 saturated heterocycles. The summed E-state index contributed by atoms with van der Waals surface area (Å²) < 4.78 is 27.7. The standard InChI is InChI=1S/C16H13F2N3/c17-15-7-4-13(10-16(15)18)19-11-12-2-5-14(6-3-12)21-9-1-8-20-21/h1-10,19H,11H2. The predicted molar refractivity (Wildman–Crippen MR) is 77.2 cm³/mol. The number of halogens is 2. The van der Waals surface area contributed by atoms with Crippen LogP contribution in [0.2, 0.25) is 0 Å². The molecule has 2 aromatic carbocycles. The average molecular weight is 285 g/mol. The summed E-state index contributed by atoms with van der Waals surface area (Å²) in [4.78, 5) is 0. The van der Waals surface area contributed by atoms with E-state index in [1.165, 1.54) is 6.07 Å². The lowest BCUT2D eigenvalue weighted by atomic mass is 10.2. The van der Waals surface area contributed by atoms with Crippen LogP contribution in [-0.4, -0.2) is 9.78 Å². The van der Waals surface area contributed by atoms with E-state index in [2.05, 4.69) is 10.4 Å². The predicted octanol–water partition coefficient (Wildman–Crippen LogP) is 3.76. The van der Waals surface area contributed by atoms with Crippen molar-refractivity contribution in [3.8, 4) is 5.69 Å². The maximum atomic E-state index is 13.1. The Labute approximate surface area is 120 Å². The third-order valence-corrected chi connectivity index (χ3v) is 3.12. The second kappa shape index (κ2) is 5.75. The Morgan fingerprint density at radius 1 is 1.00 bits per heavy atom. The van der Waals surface area contributed by atoms with Crippen LogP contribution in [-0.2, 0) is 6.54 Å². The minimum atomic E-state index is -0.853. The lowest BCUT2D eigenvalue weighted by Crippen LogP contribution is -2.01. The lowest BCUT2D eigenvalue weighted by molar-refractivity contribution is 0.509. The van der Waals surface area contributed by atoms with Gasteiger partial charge in [0.25, 0.3) is 0 Å². The van der Waals surface area contributed by atoms with Gasteiger partial charge in [-0.2, -0.15) is 5.10 Å². The Bertz CT molecular complexity index is 722. The number of benzene rings is 2. The van der Waals surface area contributed by atoms with Crippen LogP contribution in [0.5, 0.6) is 0 Å². The molecule has 0 fully saturated rings. The molecule has 1 aromatic heterocycles. The Hall–Kier alpha value is -2.69. The molecule has 0 aliphatic rings. The van der Waals surface area contributed by atoms with Crippen LogP contribution in [0.25, 0.3) is 5.69 Å². The molecular formula is C16H13F2N3. The topological polar surface area (TPSA) is 29.9 Å². The molecule has 3 nitrogen and oxygen atoms in total. The first kappa shape index (κ1) is 13.3. The Kier molecular flexibility index (Phi) is 3.64. The summed E-state index contributed by atoms with van der Waals surface area (Å²) in [5.41, 5.74) is 2.55. The SMILES string of the molecule is Fc1ccc(NCc2ccc(-n3cccn3)cc2)cc1F. The first-order valence-electron chi connectivity index (χ1n) is 6.50. The van der Waals surface area contributed by atoms with Crippen molar-refractivity contribution in [2.75, 3.05) is 5.32 Å². The summed E-state index contributed by atoms with van der Waals surface area (Å²) in [5.74, 6) is -1.70. The first-order valence-corrected chi connectivity index (χ1v) is 6.50. The minimum Gasteiger partial charge on any atom is -0.381 e. The van der Waals surface area contributed by atoms with Gasteiger partial charge in [-0.25, -0.2) is 13.5 Å². The monoisotopic (exact) mass is 285 g/mol. The normalized spacial score (nSPS) is 10.6. The van der Waals surface area contributed by atoms with Crippen molar-refractivity contribution in [3.05, 3.63) is 78.1 Å². The van der Waals surface area contributed by atoms with E-state index in [1.54, 1.807) is 10.9 Å². The molecule has 1 heterocycles. The molecule has 3 rings (SSSR count). The van der Waals surface area contributed by atoms with Gasteiger partial charge in [-0.15, -0.1) is 0 Å². The number of nitrogens with zero attached hydrogens (tertiary/aromatic N) is 2. The highest BCUT2D eigenvalue weighted by Gasteiger charge is 2.02. The molecule has 0 saturated carbocycles. The van der Waals surface area contributed by atoms with Crippen molar-refractivity contribution in [2.24, 2.45) is 0 Å². The van der Waals surface area contributed by atoms with E-state index in [-0.39, 0.29) is 0 Å². The molecule has 0 radical (unpaired) electrons. The summed E-state index contributed by atoms with van der Waals surface area (Å²) in [6.45, 7) is 0.532. The van der Waals surface area contributed by atoms with Gasteiger partial charge < -0.3 is 5.32 Å². The van der Waals surface area contributed by atoms with Crippen molar-refractivity contribution < 1.29 is 8.78 Å². The van der Waals surface area contributed by atoms with Crippen LogP contribution >= 0.6 is 0 Å². The lowest BCUT2D eigenvalue weighted by Gasteiger charge is -2.08. The van der Waals surface area contributed by atoms with Gasteiger partial charge in [0.05, 0.1) is 5.69 Å². The summed E-state index contributed by atoms with van der Waals surface area (Å²) in [6, 6.07) is 13.5. The number of rotatable bonds is 4. The van der Waals surface area contributed by atoms with E-state index in [0.717, 1.165) is 23.4 Å². The summed E-state index contributed by atoms with van der Waals surface area (Å²) in [6.07, 6.45) is 3.59. The molecule has 3 aromatic rings. The van der Waals surface area contributed by atoms with Gasteiger partial charge in [-0.3, -0.25) is 0 Å². The highest BCUT2D eigenvalue weighted by Crippen LogP contribution is 2.15. The van der Waals surface area contributed by atoms with E-state index in [4.69, 9.17) is 0 Å². The Morgan fingerprint density at radius 2 is 1.81 bits per heavy atom. The number of hydrogen-bond acceptors (Lipinski definition) is 2. The van der Waals surface area contributed by atoms with Crippen LogP contribution in [0.4, 0.5) is 14.5 Å².